The van der Waals surface area contributed by atoms with Gasteiger partial charge in [0.1, 0.15) is 19.0 Å². The van der Waals surface area contributed by atoms with Crippen molar-refractivity contribution >= 4 is 52.5 Å². The summed E-state index contributed by atoms with van der Waals surface area (Å²) in [5.74, 6) is 2.42. The second-order valence-corrected chi connectivity index (χ2v) is 16.5. The quantitative estimate of drug-likeness (QED) is 0.124. The van der Waals surface area contributed by atoms with Crippen LogP contribution in [-0.4, -0.2) is 86.5 Å². The van der Waals surface area contributed by atoms with Crippen LogP contribution >= 0.6 is 11.3 Å². The van der Waals surface area contributed by atoms with E-state index in [-0.39, 0.29) is 37.1 Å². The van der Waals surface area contributed by atoms with Crippen molar-refractivity contribution in [2.24, 2.45) is 9.98 Å². The summed E-state index contributed by atoms with van der Waals surface area (Å²) in [7, 11) is 8.83. The van der Waals surface area contributed by atoms with Crippen LogP contribution in [0.3, 0.4) is 0 Å². The first kappa shape index (κ1) is 39.0. The minimum atomic E-state index is -0.212. The number of nitrogens with zero attached hydrogens (tertiary/aromatic N) is 5. The zero-order valence-corrected chi connectivity index (χ0v) is 35.0. The largest absolute Gasteiger partial charge is 0.497 e. The van der Waals surface area contributed by atoms with Gasteiger partial charge in [0, 0.05) is 61.6 Å². The van der Waals surface area contributed by atoms with Crippen LogP contribution in [0.25, 0.3) is 5.57 Å². The maximum atomic E-state index is 13.9. The lowest BCUT2D eigenvalue weighted by Gasteiger charge is -2.32. The van der Waals surface area contributed by atoms with Gasteiger partial charge in [0.2, 0.25) is 0 Å². The summed E-state index contributed by atoms with van der Waals surface area (Å²) < 4.78 is 29.7. The number of hydrogen-bond acceptors (Lipinski definition) is 11. The van der Waals surface area contributed by atoms with E-state index >= 15 is 0 Å². The third-order valence-electron chi connectivity index (χ3n) is 11.2. The normalized spacial score (nSPS) is 17.5. The first-order valence-electron chi connectivity index (χ1n) is 19.8. The van der Waals surface area contributed by atoms with E-state index in [0.29, 0.717) is 65.0 Å². The molecule has 4 aliphatic heterocycles. The molecule has 5 heterocycles. The molecule has 0 radical (unpaired) electrons. The molecule has 60 heavy (non-hydrogen) atoms. The van der Waals surface area contributed by atoms with Crippen molar-refractivity contribution in [2.45, 2.75) is 51.2 Å². The molecule has 0 bridgehead atoms. The van der Waals surface area contributed by atoms with Crippen molar-refractivity contribution in [1.82, 2.24) is 14.7 Å². The Labute approximate surface area is 352 Å². The number of carbonyl (C=O) groups is 2. The fraction of sp³-hybridized carbons (Fsp3) is 0.277. The predicted octanol–water partition coefficient (Wildman–Crippen LogP) is 8.25. The number of benzene rings is 4. The maximum absolute atomic E-state index is 13.9. The average molecular weight is 824 g/mol. The minimum absolute atomic E-state index is 0.0726. The van der Waals surface area contributed by atoms with E-state index in [4.69, 9.17) is 33.7 Å². The number of fused-ring (bicyclic) bond motifs is 5. The van der Waals surface area contributed by atoms with Crippen molar-refractivity contribution in [3.8, 4) is 28.7 Å². The summed E-state index contributed by atoms with van der Waals surface area (Å²) in [6.45, 7) is 1.73. The monoisotopic (exact) mass is 823 g/mol. The summed E-state index contributed by atoms with van der Waals surface area (Å²) in [4.78, 5) is 44.4. The van der Waals surface area contributed by atoms with Gasteiger partial charge in [-0.15, -0.1) is 11.3 Å². The molecular weight excluding hydrogens is 779 g/mol. The van der Waals surface area contributed by atoms with E-state index in [9.17, 15) is 9.59 Å². The fourth-order valence-electron chi connectivity index (χ4n) is 8.23. The molecular formula is C47H45N5O7S. The standard InChI is InChI=1S/C47H45N5O7S/c1-50(2)23-28-12-29(14-30(13-28)27-59-44-20-40-37(17-41(44)56-4)46(53)51-24-32-10-11-60-45(32)16-35(51)22-49-40)26-58-43-19-39-38(18-42(43)57-5)47(54)52-25-33(15-34(52)21-48-39)31-6-8-36(55-3)9-7-31/h6-14,17-22,25,34-35H,15-16,23-24,26-27H2,1-5H3/t34-,35-/m0/s1. The maximum Gasteiger partial charge on any atom is 0.260 e. The first-order chi connectivity index (χ1) is 29.2. The SMILES string of the molecule is COc1ccc(C2=CN3C(=O)c4cc(OC)c(OCc5cc(COc6cc7c(cc6OC)C(=O)N6Cc8ccsc8C[C@H]6C=N7)cc(CN(C)C)c5)cc4N=C[C@@H]3C2)cc1. The van der Waals surface area contributed by atoms with Crippen LogP contribution in [0.1, 0.15) is 59.8 Å². The molecule has 0 N–H and O–H groups in total. The highest BCUT2D eigenvalue weighted by atomic mass is 32.1. The highest BCUT2D eigenvalue weighted by molar-refractivity contribution is 7.10. The number of amides is 2. The molecule has 0 aliphatic carbocycles. The van der Waals surface area contributed by atoms with Gasteiger partial charge in [-0.3, -0.25) is 19.6 Å². The predicted molar refractivity (Wildman–Crippen MR) is 232 cm³/mol. The van der Waals surface area contributed by atoms with Gasteiger partial charge in [-0.05, 0) is 89.3 Å². The highest BCUT2D eigenvalue weighted by Crippen LogP contribution is 2.42. The Bertz CT molecular complexity index is 2580. The third-order valence-corrected chi connectivity index (χ3v) is 12.2. The lowest BCUT2D eigenvalue weighted by Crippen LogP contribution is -2.44. The Kier molecular flexibility index (Phi) is 10.6. The number of rotatable bonds is 12. The summed E-state index contributed by atoms with van der Waals surface area (Å²) in [6.07, 6.45) is 7.02. The van der Waals surface area contributed by atoms with Crippen molar-refractivity contribution in [2.75, 3.05) is 35.4 Å². The Balaban J connectivity index is 0.929. The van der Waals surface area contributed by atoms with Crippen LogP contribution in [0.4, 0.5) is 11.4 Å². The molecule has 2 atom stereocenters. The Morgan fingerprint density at radius 2 is 1.32 bits per heavy atom. The van der Waals surface area contributed by atoms with Crippen molar-refractivity contribution in [3.05, 3.63) is 128 Å². The Morgan fingerprint density at radius 3 is 1.93 bits per heavy atom. The van der Waals surface area contributed by atoms with Crippen molar-refractivity contribution in [1.29, 1.82) is 0 Å². The lowest BCUT2D eigenvalue weighted by molar-refractivity contribution is 0.0704. The van der Waals surface area contributed by atoms with E-state index in [1.165, 1.54) is 10.4 Å². The molecule has 306 valence electrons. The number of ether oxygens (including phenoxy) is 5. The average Bonchev–Trinajstić information content (AvgIpc) is 3.86. The number of hydrogen-bond donors (Lipinski definition) is 0. The molecule has 13 heteroatoms. The lowest BCUT2D eigenvalue weighted by atomic mass is 10.0. The van der Waals surface area contributed by atoms with Gasteiger partial charge < -0.3 is 38.4 Å². The fourth-order valence-corrected chi connectivity index (χ4v) is 9.17. The van der Waals surface area contributed by atoms with E-state index in [2.05, 4.69) is 28.5 Å². The number of thiophene rings is 1. The third kappa shape index (κ3) is 7.62. The molecule has 5 aromatic rings. The zero-order chi connectivity index (χ0) is 41.5. The minimum Gasteiger partial charge on any atom is -0.497 e. The molecule has 0 unspecified atom stereocenters. The smallest absolute Gasteiger partial charge is 0.260 e. The Hall–Kier alpha value is -6.44. The van der Waals surface area contributed by atoms with Crippen LogP contribution < -0.4 is 23.7 Å². The summed E-state index contributed by atoms with van der Waals surface area (Å²) in [5, 5.41) is 2.08. The highest BCUT2D eigenvalue weighted by Gasteiger charge is 2.35. The number of carbonyl (C=O) groups excluding carboxylic acids is 2. The topological polar surface area (TPSA) is 115 Å². The molecule has 9 rings (SSSR count). The van der Waals surface area contributed by atoms with Gasteiger partial charge in [0.05, 0.1) is 55.9 Å². The van der Waals surface area contributed by atoms with Gasteiger partial charge in [-0.25, -0.2) is 0 Å². The molecule has 12 nitrogen and oxygen atoms in total. The second-order valence-electron chi connectivity index (χ2n) is 15.5. The molecule has 4 aliphatic rings. The summed E-state index contributed by atoms with van der Waals surface area (Å²) in [6, 6.07) is 22.9. The molecule has 0 saturated carbocycles. The van der Waals surface area contributed by atoms with Gasteiger partial charge in [0.25, 0.3) is 11.8 Å². The summed E-state index contributed by atoms with van der Waals surface area (Å²) in [5.41, 5.74) is 8.22. The van der Waals surface area contributed by atoms with E-state index in [1.54, 1.807) is 61.8 Å². The molecule has 4 aromatic carbocycles. The van der Waals surface area contributed by atoms with Crippen LogP contribution in [0, 0.1) is 0 Å². The van der Waals surface area contributed by atoms with E-state index < -0.39 is 0 Å². The van der Waals surface area contributed by atoms with Crippen molar-refractivity contribution in [3.63, 3.8) is 0 Å². The van der Waals surface area contributed by atoms with Crippen LogP contribution in [-0.2, 0) is 32.7 Å². The zero-order valence-electron chi connectivity index (χ0n) is 34.1. The first-order valence-corrected chi connectivity index (χ1v) is 20.6. The molecule has 2 amide bonds. The summed E-state index contributed by atoms with van der Waals surface area (Å²) >= 11 is 1.73. The van der Waals surface area contributed by atoms with Gasteiger partial charge >= 0.3 is 0 Å². The second kappa shape index (κ2) is 16.3. The molecule has 0 saturated heterocycles. The number of methoxy groups -OCH3 is 3. The molecule has 1 aromatic heterocycles. The van der Waals surface area contributed by atoms with E-state index in [0.717, 1.165) is 40.0 Å². The van der Waals surface area contributed by atoms with Crippen molar-refractivity contribution < 1.29 is 33.3 Å². The van der Waals surface area contributed by atoms with Crippen LogP contribution in [0.5, 0.6) is 28.7 Å². The van der Waals surface area contributed by atoms with Gasteiger partial charge in [0.15, 0.2) is 23.0 Å². The molecule has 0 fully saturated rings. The van der Waals surface area contributed by atoms with Gasteiger partial charge in [-0.2, -0.15) is 0 Å². The van der Waals surface area contributed by atoms with Crippen LogP contribution in [0.15, 0.2) is 94.4 Å². The Morgan fingerprint density at radius 1 is 0.700 bits per heavy atom. The number of aliphatic imine (C=N–C) groups is 2. The van der Waals surface area contributed by atoms with E-state index in [1.807, 2.05) is 68.0 Å². The van der Waals surface area contributed by atoms with Gasteiger partial charge in [-0.1, -0.05) is 24.3 Å². The van der Waals surface area contributed by atoms with Crippen LogP contribution in [0.2, 0.25) is 0 Å². The molecule has 0 spiro atoms.